The maximum absolute atomic E-state index is 12.2. The van der Waals surface area contributed by atoms with Crippen molar-refractivity contribution in [1.29, 1.82) is 0 Å². The number of fused-ring (bicyclic) bond motifs is 1. The molecule has 20 heavy (non-hydrogen) atoms. The first-order valence-corrected chi connectivity index (χ1v) is 7.37. The Morgan fingerprint density at radius 2 is 2.40 bits per heavy atom. The number of aromatic nitrogens is 1. The Morgan fingerprint density at radius 1 is 1.55 bits per heavy atom. The molecule has 1 aliphatic carbocycles. The van der Waals surface area contributed by atoms with Gasteiger partial charge in [-0.25, -0.2) is 4.98 Å². The van der Waals surface area contributed by atoms with Gasteiger partial charge in [-0.2, -0.15) is 0 Å². The number of carbonyl (C=O) groups is 1. The molecule has 1 aliphatic rings. The van der Waals surface area contributed by atoms with Crippen LogP contribution in [0.25, 0.3) is 0 Å². The highest BCUT2D eigenvalue weighted by Crippen LogP contribution is 2.30. The van der Waals surface area contributed by atoms with Crippen LogP contribution in [-0.4, -0.2) is 18.0 Å². The number of furan rings is 1. The molecule has 0 radical (unpaired) electrons. The summed E-state index contributed by atoms with van der Waals surface area (Å²) in [4.78, 5) is 18.0. The summed E-state index contributed by atoms with van der Waals surface area (Å²) in [5.74, 6) is 1.07. The zero-order valence-corrected chi connectivity index (χ0v) is 12.3. The van der Waals surface area contributed by atoms with Gasteiger partial charge in [-0.05, 0) is 32.3 Å². The topological polar surface area (TPSA) is 64.4 Å². The number of anilines is 1. The van der Waals surface area contributed by atoms with Crippen molar-refractivity contribution < 1.29 is 13.9 Å². The molecular formula is C14H16N2O3S. The second-order valence-corrected chi connectivity index (χ2v) is 5.90. The van der Waals surface area contributed by atoms with Gasteiger partial charge in [0.15, 0.2) is 5.13 Å². The van der Waals surface area contributed by atoms with E-state index in [9.17, 15) is 4.79 Å². The van der Waals surface area contributed by atoms with E-state index in [4.69, 9.17) is 9.15 Å². The normalized spacial score (nSPS) is 13.5. The minimum atomic E-state index is -0.180. The van der Waals surface area contributed by atoms with Crippen molar-refractivity contribution >= 4 is 22.4 Å². The molecule has 1 N–H and O–H groups in total. The third-order valence-electron chi connectivity index (χ3n) is 3.32. The number of ether oxygens (including phenoxy) is 1. The molecule has 0 aliphatic heterocycles. The third kappa shape index (κ3) is 2.48. The molecular weight excluding hydrogens is 276 g/mol. The van der Waals surface area contributed by atoms with E-state index >= 15 is 0 Å². The maximum Gasteiger partial charge on any atom is 0.260 e. The monoisotopic (exact) mass is 292 g/mol. The molecule has 3 rings (SSSR count). The highest BCUT2D eigenvalue weighted by molar-refractivity contribution is 7.15. The Balaban J connectivity index is 1.75. The molecule has 0 unspecified atom stereocenters. The third-order valence-corrected chi connectivity index (χ3v) is 4.39. The number of aryl methyl sites for hydroxylation is 3. The summed E-state index contributed by atoms with van der Waals surface area (Å²) in [6.07, 6.45) is 3.26. The minimum absolute atomic E-state index is 0.180. The summed E-state index contributed by atoms with van der Waals surface area (Å²) in [5.41, 5.74) is 1.67. The average molecular weight is 292 g/mol. The standard InChI is InChI=1S/C14H16N2O3S/c1-8-10(6-9(19-8)7-18-2)13(17)16-14-15-11-4-3-5-12(11)20-14/h6H,3-5,7H2,1-2H3,(H,15,16,17). The Hall–Kier alpha value is -1.66. The molecule has 0 saturated carbocycles. The highest BCUT2D eigenvalue weighted by atomic mass is 32.1. The number of amides is 1. The minimum Gasteiger partial charge on any atom is -0.463 e. The van der Waals surface area contributed by atoms with Gasteiger partial charge in [0.2, 0.25) is 0 Å². The predicted molar refractivity (Wildman–Crippen MR) is 76.3 cm³/mol. The van der Waals surface area contributed by atoms with E-state index < -0.39 is 0 Å². The molecule has 0 fully saturated rings. The fourth-order valence-corrected chi connectivity index (χ4v) is 3.44. The van der Waals surface area contributed by atoms with Gasteiger partial charge in [-0.15, -0.1) is 11.3 Å². The maximum atomic E-state index is 12.2. The largest absolute Gasteiger partial charge is 0.463 e. The molecule has 0 bridgehead atoms. The summed E-state index contributed by atoms with van der Waals surface area (Å²) in [5, 5.41) is 3.53. The van der Waals surface area contributed by atoms with Crippen LogP contribution < -0.4 is 5.32 Å². The molecule has 0 atom stereocenters. The molecule has 6 heteroatoms. The lowest BCUT2D eigenvalue weighted by Gasteiger charge is -1.99. The van der Waals surface area contributed by atoms with Gasteiger partial charge in [0, 0.05) is 12.0 Å². The predicted octanol–water partition coefficient (Wildman–Crippen LogP) is 2.93. The lowest BCUT2D eigenvalue weighted by Crippen LogP contribution is -2.12. The Morgan fingerprint density at radius 3 is 3.15 bits per heavy atom. The summed E-state index contributed by atoms with van der Waals surface area (Å²) in [6.45, 7) is 2.13. The summed E-state index contributed by atoms with van der Waals surface area (Å²) < 4.78 is 10.5. The zero-order valence-electron chi connectivity index (χ0n) is 11.5. The Labute approximate surface area is 121 Å². The van der Waals surface area contributed by atoms with Crippen molar-refractivity contribution in [2.24, 2.45) is 0 Å². The van der Waals surface area contributed by atoms with E-state index in [-0.39, 0.29) is 5.91 Å². The van der Waals surface area contributed by atoms with Gasteiger partial charge in [0.25, 0.3) is 5.91 Å². The smallest absolute Gasteiger partial charge is 0.260 e. The number of nitrogens with one attached hydrogen (secondary N) is 1. The molecule has 5 nitrogen and oxygen atoms in total. The summed E-state index contributed by atoms with van der Waals surface area (Å²) >= 11 is 1.57. The van der Waals surface area contributed by atoms with E-state index in [1.807, 2.05) is 0 Å². The molecule has 0 saturated heterocycles. The first-order valence-electron chi connectivity index (χ1n) is 6.55. The van der Waals surface area contributed by atoms with Crippen molar-refractivity contribution in [3.8, 4) is 0 Å². The van der Waals surface area contributed by atoms with E-state index in [1.54, 1.807) is 31.4 Å². The fraction of sp³-hybridized carbons (Fsp3) is 0.429. The number of nitrogens with zero attached hydrogens (tertiary/aromatic N) is 1. The van der Waals surface area contributed by atoms with Gasteiger partial charge in [0.05, 0.1) is 11.3 Å². The second kappa shape index (κ2) is 5.38. The van der Waals surface area contributed by atoms with Crippen molar-refractivity contribution in [1.82, 2.24) is 4.98 Å². The number of hydrogen-bond donors (Lipinski definition) is 1. The highest BCUT2D eigenvalue weighted by Gasteiger charge is 2.20. The van der Waals surface area contributed by atoms with E-state index in [0.29, 0.717) is 28.8 Å². The van der Waals surface area contributed by atoms with Gasteiger partial charge in [-0.3, -0.25) is 10.1 Å². The van der Waals surface area contributed by atoms with E-state index in [0.717, 1.165) is 18.5 Å². The second-order valence-electron chi connectivity index (χ2n) is 4.81. The van der Waals surface area contributed by atoms with Crippen molar-refractivity contribution in [2.45, 2.75) is 32.8 Å². The Kier molecular flexibility index (Phi) is 3.58. The quantitative estimate of drug-likeness (QED) is 0.941. The molecule has 1 amide bonds. The first kappa shape index (κ1) is 13.3. The number of hydrogen-bond acceptors (Lipinski definition) is 5. The van der Waals surface area contributed by atoms with E-state index in [2.05, 4.69) is 10.3 Å². The fourth-order valence-electron chi connectivity index (χ4n) is 2.39. The van der Waals surface area contributed by atoms with Crippen LogP contribution in [0.2, 0.25) is 0 Å². The van der Waals surface area contributed by atoms with Gasteiger partial charge < -0.3 is 9.15 Å². The van der Waals surface area contributed by atoms with Gasteiger partial charge in [-0.1, -0.05) is 0 Å². The molecule has 2 aromatic rings. The van der Waals surface area contributed by atoms with Crippen LogP contribution in [-0.2, 0) is 24.2 Å². The summed E-state index contributed by atoms with van der Waals surface area (Å²) in [6, 6.07) is 1.72. The van der Waals surface area contributed by atoms with Crippen LogP contribution in [0, 0.1) is 6.92 Å². The Bertz CT molecular complexity index is 623. The number of carbonyl (C=O) groups excluding carboxylic acids is 1. The number of thiazole rings is 1. The van der Waals surface area contributed by atoms with Gasteiger partial charge >= 0.3 is 0 Å². The number of rotatable bonds is 4. The number of methoxy groups -OCH3 is 1. The van der Waals surface area contributed by atoms with Crippen LogP contribution >= 0.6 is 11.3 Å². The van der Waals surface area contributed by atoms with Crippen LogP contribution in [0.5, 0.6) is 0 Å². The van der Waals surface area contributed by atoms with Crippen LogP contribution in [0.3, 0.4) is 0 Å². The lowest BCUT2D eigenvalue weighted by molar-refractivity contribution is 0.102. The summed E-state index contributed by atoms with van der Waals surface area (Å²) in [7, 11) is 1.59. The van der Waals surface area contributed by atoms with Crippen molar-refractivity contribution in [2.75, 3.05) is 12.4 Å². The van der Waals surface area contributed by atoms with Gasteiger partial charge in [0.1, 0.15) is 18.1 Å². The molecule has 0 spiro atoms. The van der Waals surface area contributed by atoms with Crippen LogP contribution in [0.1, 0.15) is 38.9 Å². The van der Waals surface area contributed by atoms with Crippen LogP contribution in [0.4, 0.5) is 5.13 Å². The zero-order chi connectivity index (χ0) is 14.1. The molecule has 0 aromatic carbocycles. The van der Waals surface area contributed by atoms with Crippen LogP contribution in [0.15, 0.2) is 10.5 Å². The van der Waals surface area contributed by atoms with E-state index in [1.165, 1.54) is 11.3 Å². The molecule has 2 heterocycles. The SMILES string of the molecule is COCc1cc(C(=O)Nc2nc3c(s2)CCC3)c(C)o1. The molecule has 106 valence electrons. The van der Waals surface area contributed by atoms with Crippen molar-refractivity contribution in [3.05, 3.63) is 33.7 Å². The lowest BCUT2D eigenvalue weighted by atomic mass is 10.2. The average Bonchev–Trinajstić information content (AvgIpc) is 3.04. The first-order chi connectivity index (χ1) is 9.67. The molecule has 2 aromatic heterocycles. The van der Waals surface area contributed by atoms with Crippen molar-refractivity contribution in [3.63, 3.8) is 0 Å².